The molecular formula is C22H22F3N3O3. The number of fused-ring (bicyclic) bond motifs is 1. The van der Waals surface area contributed by atoms with Crippen LogP contribution in [0.5, 0.6) is 5.75 Å². The number of pyridine rings is 1. The molecule has 164 valence electrons. The highest BCUT2D eigenvalue weighted by Gasteiger charge is 2.31. The van der Waals surface area contributed by atoms with Crippen molar-refractivity contribution in [3.63, 3.8) is 0 Å². The molecule has 1 amide bonds. The molecule has 1 aromatic carbocycles. The fourth-order valence-electron chi connectivity index (χ4n) is 3.94. The normalized spacial score (nSPS) is 19.4. The highest BCUT2D eigenvalue weighted by atomic mass is 19.4. The lowest BCUT2D eigenvalue weighted by Gasteiger charge is -2.28. The van der Waals surface area contributed by atoms with Gasteiger partial charge in [0.15, 0.2) is 0 Å². The van der Waals surface area contributed by atoms with Crippen LogP contribution in [0.1, 0.15) is 41.6 Å². The molecule has 9 heteroatoms. The van der Waals surface area contributed by atoms with E-state index in [4.69, 9.17) is 0 Å². The monoisotopic (exact) mass is 433 g/mol. The molecule has 0 spiro atoms. The number of hydrogen-bond acceptors (Lipinski definition) is 4. The maximum Gasteiger partial charge on any atom is 0.573 e. The van der Waals surface area contributed by atoms with Crippen molar-refractivity contribution in [2.45, 2.75) is 50.7 Å². The van der Waals surface area contributed by atoms with E-state index in [0.29, 0.717) is 24.0 Å². The van der Waals surface area contributed by atoms with E-state index >= 15 is 0 Å². The molecule has 1 aliphatic carbocycles. The Balaban J connectivity index is 1.56. The number of alkyl halides is 3. The van der Waals surface area contributed by atoms with Crippen LogP contribution in [-0.2, 0) is 6.54 Å². The van der Waals surface area contributed by atoms with Crippen molar-refractivity contribution in [3.8, 4) is 5.75 Å². The van der Waals surface area contributed by atoms with Crippen molar-refractivity contribution in [2.75, 3.05) is 0 Å². The Bertz CT molecular complexity index is 1060. The van der Waals surface area contributed by atoms with Gasteiger partial charge in [-0.3, -0.25) is 9.78 Å². The molecule has 1 saturated carbocycles. The summed E-state index contributed by atoms with van der Waals surface area (Å²) >= 11 is 0. The summed E-state index contributed by atoms with van der Waals surface area (Å²) in [4.78, 5) is 17.3. The lowest BCUT2D eigenvalue weighted by Crippen LogP contribution is -2.45. The second-order valence-corrected chi connectivity index (χ2v) is 7.67. The summed E-state index contributed by atoms with van der Waals surface area (Å²) in [6.07, 6.45) is 1.28. The van der Waals surface area contributed by atoms with Crippen LogP contribution < -0.4 is 10.1 Å². The van der Waals surface area contributed by atoms with Gasteiger partial charge < -0.3 is 19.7 Å². The molecule has 1 fully saturated rings. The van der Waals surface area contributed by atoms with Crippen LogP contribution in [0, 0.1) is 0 Å². The molecule has 2 atom stereocenters. The average molecular weight is 433 g/mol. The van der Waals surface area contributed by atoms with Crippen molar-refractivity contribution in [1.82, 2.24) is 14.9 Å². The predicted octanol–water partition coefficient (Wildman–Crippen LogP) is 4.02. The SMILES string of the molecule is O=C(NC1CCCC[C@@H]1O)c1cn(Cc2ccc(OC(F)(F)F)cc2)c2cccnc12. The molecule has 4 rings (SSSR count). The van der Waals surface area contributed by atoms with Crippen molar-refractivity contribution in [2.24, 2.45) is 0 Å². The van der Waals surface area contributed by atoms with Gasteiger partial charge in [0.2, 0.25) is 0 Å². The average Bonchev–Trinajstić information content (AvgIpc) is 3.09. The Kier molecular flexibility index (Phi) is 5.86. The third-order valence-electron chi connectivity index (χ3n) is 5.44. The van der Waals surface area contributed by atoms with E-state index in [9.17, 15) is 23.1 Å². The van der Waals surface area contributed by atoms with Gasteiger partial charge in [0, 0.05) is 18.9 Å². The molecule has 2 N–H and O–H groups in total. The Hall–Kier alpha value is -3.07. The summed E-state index contributed by atoms with van der Waals surface area (Å²) in [6.45, 7) is 0.341. The maximum absolute atomic E-state index is 12.9. The van der Waals surface area contributed by atoms with E-state index in [1.54, 1.807) is 30.6 Å². The quantitative estimate of drug-likeness (QED) is 0.637. The van der Waals surface area contributed by atoms with Crippen molar-refractivity contribution in [3.05, 3.63) is 59.9 Å². The first-order chi connectivity index (χ1) is 14.8. The smallest absolute Gasteiger partial charge is 0.406 e. The summed E-state index contributed by atoms with van der Waals surface area (Å²) in [7, 11) is 0. The van der Waals surface area contributed by atoms with Crippen LogP contribution in [-0.4, -0.2) is 39.1 Å². The number of carbonyl (C=O) groups is 1. The molecule has 0 radical (unpaired) electrons. The number of aliphatic hydroxyl groups excluding tert-OH is 1. The van der Waals surface area contributed by atoms with Crippen LogP contribution in [0.15, 0.2) is 48.8 Å². The number of hydrogen-bond donors (Lipinski definition) is 2. The summed E-state index contributed by atoms with van der Waals surface area (Å²) in [5.41, 5.74) is 2.39. The first-order valence-electron chi connectivity index (χ1n) is 10.1. The number of rotatable bonds is 5. The van der Waals surface area contributed by atoms with Gasteiger partial charge in [-0.05, 0) is 42.7 Å². The minimum absolute atomic E-state index is 0.287. The summed E-state index contributed by atoms with van der Waals surface area (Å²) < 4.78 is 42.8. The van der Waals surface area contributed by atoms with Crippen LogP contribution >= 0.6 is 0 Å². The van der Waals surface area contributed by atoms with E-state index < -0.39 is 12.5 Å². The molecule has 2 aromatic heterocycles. The topological polar surface area (TPSA) is 76.4 Å². The van der Waals surface area contributed by atoms with Crippen LogP contribution in [0.25, 0.3) is 11.0 Å². The van der Waals surface area contributed by atoms with E-state index in [1.165, 1.54) is 12.1 Å². The third kappa shape index (κ3) is 4.99. The van der Waals surface area contributed by atoms with Gasteiger partial charge in [-0.25, -0.2) is 0 Å². The number of benzene rings is 1. The fourth-order valence-corrected chi connectivity index (χ4v) is 3.94. The number of amides is 1. The maximum atomic E-state index is 12.9. The standard InChI is InChI=1S/C22H22F3N3O3/c23-22(24,25)31-15-9-7-14(8-10-15)12-28-13-16(20-18(28)5-3-11-26-20)21(30)27-17-4-1-2-6-19(17)29/h3,5,7-11,13,17,19,29H,1-2,4,6,12H2,(H,27,30)/t17?,19-/m0/s1. The number of aromatic nitrogens is 2. The second-order valence-electron chi connectivity index (χ2n) is 7.67. The molecule has 3 aromatic rings. The first kappa shape index (κ1) is 21.2. The highest BCUT2D eigenvalue weighted by molar-refractivity contribution is 6.05. The number of halogens is 3. The lowest BCUT2D eigenvalue weighted by atomic mass is 9.92. The molecule has 6 nitrogen and oxygen atoms in total. The predicted molar refractivity (Wildman–Crippen MR) is 108 cm³/mol. The zero-order chi connectivity index (χ0) is 22.0. The van der Waals surface area contributed by atoms with Crippen molar-refractivity contribution in [1.29, 1.82) is 0 Å². The Morgan fingerprint density at radius 1 is 1.19 bits per heavy atom. The van der Waals surface area contributed by atoms with E-state index in [-0.39, 0.29) is 17.7 Å². The number of aliphatic hydroxyl groups is 1. The van der Waals surface area contributed by atoms with Gasteiger partial charge in [0.05, 0.1) is 23.2 Å². The van der Waals surface area contributed by atoms with Crippen LogP contribution in [0.3, 0.4) is 0 Å². The lowest BCUT2D eigenvalue weighted by molar-refractivity contribution is -0.274. The van der Waals surface area contributed by atoms with Gasteiger partial charge in [0.1, 0.15) is 11.3 Å². The second kappa shape index (κ2) is 8.58. The summed E-state index contributed by atoms with van der Waals surface area (Å²) in [5.74, 6) is -0.594. The Labute approximate surface area is 176 Å². The zero-order valence-electron chi connectivity index (χ0n) is 16.6. The van der Waals surface area contributed by atoms with Crippen molar-refractivity contribution >= 4 is 16.9 Å². The Morgan fingerprint density at radius 2 is 1.94 bits per heavy atom. The largest absolute Gasteiger partial charge is 0.573 e. The van der Waals surface area contributed by atoms with Gasteiger partial charge >= 0.3 is 6.36 Å². The van der Waals surface area contributed by atoms with Gasteiger partial charge in [-0.15, -0.1) is 13.2 Å². The van der Waals surface area contributed by atoms with Crippen molar-refractivity contribution < 1.29 is 27.8 Å². The summed E-state index contributed by atoms with van der Waals surface area (Å²) in [6, 6.07) is 8.89. The number of nitrogens with one attached hydrogen (secondary N) is 1. The van der Waals surface area contributed by atoms with E-state index in [1.807, 2.05) is 10.6 Å². The van der Waals surface area contributed by atoms with Gasteiger partial charge in [-0.2, -0.15) is 0 Å². The highest BCUT2D eigenvalue weighted by Crippen LogP contribution is 2.25. The molecule has 1 unspecified atom stereocenters. The Morgan fingerprint density at radius 3 is 2.65 bits per heavy atom. The molecular weight excluding hydrogens is 411 g/mol. The number of nitrogens with zero attached hydrogens (tertiary/aromatic N) is 2. The molecule has 2 heterocycles. The minimum Gasteiger partial charge on any atom is -0.406 e. The number of ether oxygens (including phenoxy) is 1. The fraction of sp³-hybridized carbons (Fsp3) is 0.364. The third-order valence-corrected chi connectivity index (χ3v) is 5.44. The van der Waals surface area contributed by atoms with E-state index in [0.717, 1.165) is 30.3 Å². The molecule has 31 heavy (non-hydrogen) atoms. The number of carbonyl (C=O) groups excluding carboxylic acids is 1. The summed E-state index contributed by atoms with van der Waals surface area (Å²) in [5, 5.41) is 13.1. The van der Waals surface area contributed by atoms with Gasteiger partial charge in [0.25, 0.3) is 5.91 Å². The molecule has 0 bridgehead atoms. The molecule has 1 aliphatic rings. The van der Waals surface area contributed by atoms with Crippen LogP contribution in [0.2, 0.25) is 0 Å². The van der Waals surface area contributed by atoms with E-state index in [2.05, 4.69) is 15.0 Å². The minimum atomic E-state index is -4.74. The first-order valence-corrected chi connectivity index (χ1v) is 10.1. The molecule has 0 saturated heterocycles. The van der Waals surface area contributed by atoms with Gasteiger partial charge in [-0.1, -0.05) is 25.0 Å². The molecule has 0 aliphatic heterocycles. The van der Waals surface area contributed by atoms with Crippen LogP contribution in [0.4, 0.5) is 13.2 Å². The zero-order valence-corrected chi connectivity index (χ0v) is 16.6.